The van der Waals surface area contributed by atoms with Gasteiger partial charge >= 0.3 is 12.0 Å². The normalized spacial score (nSPS) is 17.6. The third-order valence-corrected chi connectivity index (χ3v) is 3.63. The van der Waals surface area contributed by atoms with Crippen LogP contribution in [-0.4, -0.2) is 41.7 Å². The molecule has 0 saturated carbocycles. The molecule has 1 aliphatic rings. The van der Waals surface area contributed by atoms with Crippen molar-refractivity contribution in [1.82, 2.24) is 4.90 Å². The molecule has 1 atom stereocenters. The van der Waals surface area contributed by atoms with Crippen molar-refractivity contribution in [2.24, 2.45) is 5.92 Å². The molecule has 0 spiro atoms. The lowest BCUT2D eigenvalue weighted by Crippen LogP contribution is -2.33. The quantitative estimate of drug-likeness (QED) is 0.873. The van der Waals surface area contributed by atoms with Crippen molar-refractivity contribution in [3.63, 3.8) is 0 Å². The summed E-state index contributed by atoms with van der Waals surface area (Å²) in [5.41, 5.74) is 0.490. The van der Waals surface area contributed by atoms with Crippen LogP contribution in [0.2, 0.25) is 0 Å². The number of hydrogen-bond donors (Lipinski definition) is 2. The average molecular weight is 292 g/mol. The molecule has 1 aromatic rings. The molecule has 1 unspecified atom stereocenters. The molecule has 1 fully saturated rings. The lowest BCUT2D eigenvalue weighted by Gasteiger charge is -2.18. The van der Waals surface area contributed by atoms with Gasteiger partial charge in [-0.25, -0.2) is 9.59 Å². The fourth-order valence-corrected chi connectivity index (χ4v) is 2.38. The van der Waals surface area contributed by atoms with Gasteiger partial charge in [0.2, 0.25) is 0 Å². The number of benzene rings is 1. The Kier molecular flexibility index (Phi) is 5.03. The van der Waals surface area contributed by atoms with E-state index in [1.54, 1.807) is 29.2 Å². The molecule has 21 heavy (non-hydrogen) atoms. The number of nitrogens with zero attached hydrogens (tertiary/aromatic N) is 1. The number of para-hydroxylation sites is 2. The predicted molar refractivity (Wildman–Crippen MR) is 78.6 cm³/mol. The number of amides is 2. The van der Waals surface area contributed by atoms with Crippen molar-refractivity contribution < 1.29 is 19.4 Å². The van der Waals surface area contributed by atoms with E-state index < -0.39 is 12.6 Å². The van der Waals surface area contributed by atoms with Gasteiger partial charge in [0.25, 0.3) is 0 Å². The number of carbonyl (C=O) groups excluding carboxylic acids is 1. The molecular formula is C15H20N2O4. The van der Waals surface area contributed by atoms with Crippen LogP contribution < -0.4 is 10.1 Å². The van der Waals surface area contributed by atoms with Crippen LogP contribution in [0.5, 0.6) is 5.75 Å². The van der Waals surface area contributed by atoms with Gasteiger partial charge in [-0.15, -0.1) is 0 Å². The molecule has 0 aromatic heterocycles. The van der Waals surface area contributed by atoms with Gasteiger partial charge in [-0.05, 0) is 24.5 Å². The second-order valence-corrected chi connectivity index (χ2v) is 5.12. The Morgan fingerprint density at radius 2 is 2.19 bits per heavy atom. The van der Waals surface area contributed by atoms with E-state index >= 15 is 0 Å². The van der Waals surface area contributed by atoms with Gasteiger partial charge in [-0.2, -0.15) is 0 Å². The molecule has 1 saturated heterocycles. The number of carboxylic acids is 1. The highest BCUT2D eigenvalue weighted by molar-refractivity contribution is 5.91. The summed E-state index contributed by atoms with van der Waals surface area (Å²) in [6.45, 7) is 3.21. The second kappa shape index (κ2) is 6.97. The number of anilines is 1. The Bertz CT molecular complexity index is 518. The summed E-state index contributed by atoms with van der Waals surface area (Å²) in [5, 5.41) is 11.4. The summed E-state index contributed by atoms with van der Waals surface area (Å²) in [7, 11) is 0. The SMILES string of the molecule is CCC1CCN(C(=O)Nc2ccccc2OCC(=O)O)C1. The highest BCUT2D eigenvalue weighted by Gasteiger charge is 2.25. The summed E-state index contributed by atoms with van der Waals surface area (Å²) < 4.78 is 5.17. The Labute approximate surface area is 123 Å². The average Bonchev–Trinajstić information content (AvgIpc) is 2.95. The van der Waals surface area contributed by atoms with Crippen LogP contribution >= 0.6 is 0 Å². The number of nitrogens with one attached hydrogen (secondary N) is 1. The third kappa shape index (κ3) is 4.11. The van der Waals surface area contributed by atoms with Gasteiger partial charge in [0, 0.05) is 13.1 Å². The van der Waals surface area contributed by atoms with Crippen molar-refractivity contribution in [2.45, 2.75) is 19.8 Å². The zero-order valence-electron chi connectivity index (χ0n) is 12.0. The van der Waals surface area contributed by atoms with Gasteiger partial charge in [-0.3, -0.25) is 0 Å². The van der Waals surface area contributed by atoms with Crippen LogP contribution in [-0.2, 0) is 4.79 Å². The molecule has 2 amide bonds. The summed E-state index contributed by atoms with van der Waals surface area (Å²) in [5.74, 6) is -0.129. The predicted octanol–water partition coefficient (Wildman–Crippen LogP) is 2.41. The minimum absolute atomic E-state index is 0.169. The van der Waals surface area contributed by atoms with Crippen LogP contribution in [0, 0.1) is 5.92 Å². The standard InChI is InChI=1S/C15H20N2O4/c1-2-11-7-8-17(9-11)15(20)16-12-5-3-4-6-13(12)21-10-14(18)19/h3-6,11H,2,7-10H2,1H3,(H,16,20)(H,18,19). The van der Waals surface area contributed by atoms with Crippen LogP contribution in [0.25, 0.3) is 0 Å². The molecule has 2 rings (SSSR count). The zero-order chi connectivity index (χ0) is 15.2. The van der Waals surface area contributed by atoms with Crippen LogP contribution in [0.4, 0.5) is 10.5 Å². The monoisotopic (exact) mass is 292 g/mol. The molecule has 6 nitrogen and oxygen atoms in total. The van der Waals surface area contributed by atoms with E-state index in [9.17, 15) is 9.59 Å². The Morgan fingerprint density at radius 3 is 2.86 bits per heavy atom. The van der Waals surface area contributed by atoms with Gasteiger partial charge in [0.15, 0.2) is 6.61 Å². The molecule has 1 aromatic carbocycles. The van der Waals surface area contributed by atoms with Crippen LogP contribution in [0.15, 0.2) is 24.3 Å². The lowest BCUT2D eigenvalue weighted by molar-refractivity contribution is -0.139. The number of carbonyl (C=O) groups is 2. The van der Waals surface area contributed by atoms with E-state index in [1.807, 2.05) is 0 Å². The van der Waals surface area contributed by atoms with Crippen LogP contribution in [0.1, 0.15) is 19.8 Å². The lowest BCUT2D eigenvalue weighted by atomic mass is 10.1. The maximum Gasteiger partial charge on any atom is 0.341 e. The van der Waals surface area contributed by atoms with Gasteiger partial charge < -0.3 is 20.1 Å². The maximum absolute atomic E-state index is 12.2. The van der Waals surface area contributed by atoms with Crippen molar-refractivity contribution in [2.75, 3.05) is 25.0 Å². The first-order valence-corrected chi connectivity index (χ1v) is 7.09. The summed E-state index contributed by atoms with van der Waals surface area (Å²) in [6, 6.07) is 6.66. The second-order valence-electron chi connectivity index (χ2n) is 5.12. The molecule has 0 aliphatic carbocycles. The first kappa shape index (κ1) is 15.2. The number of urea groups is 1. The molecular weight excluding hydrogens is 272 g/mol. The van der Waals surface area contributed by atoms with Gasteiger partial charge in [-0.1, -0.05) is 25.5 Å². The van der Waals surface area contributed by atoms with Gasteiger partial charge in [0.1, 0.15) is 5.75 Å². The molecule has 0 bridgehead atoms. The largest absolute Gasteiger partial charge is 0.480 e. The molecule has 6 heteroatoms. The topological polar surface area (TPSA) is 78.9 Å². The van der Waals surface area contributed by atoms with Crippen molar-refractivity contribution in [1.29, 1.82) is 0 Å². The highest BCUT2D eigenvalue weighted by atomic mass is 16.5. The van der Waals surface area contributed by atoms with E-state index in [0.717, 1.165) is 25.9 Å². The number of aliphatic carboxylic acids is 1. The molecule has 1 heterocycles. The fourth-order valence-electron chi connectivity index (χ4n) is 2.38. The number of likely N-dealkylation sites (tertiary alicyclic amines) is 1. The molecule has 0 radical (unpaired) electrons. The highest BCUT2D eigenvalue weighted by Crippen LogP contribution is 2.25. The maximum atomic E-state index is 12.2. The molecule has 2 N–H and O–H groups in total. The van der Waals surface area contributed by atoms with E-state index in [2.05, 4.69) is 12.2 Å². The van der Waals surface area contributed by atoms with E-state index in [4.69, 9.17) is 9.84 Å². The van der Waals surface area contributed by atoms with Crippen molar-refractivity contribution >= 4 is 17.7 Å². The van der Waals surface area contributed by atoms with Crippen LogP contribution in [0.3, 0.4) is 0 Å². The molecule has 114 valence electrons. The minimum Gasteiger partial charge on any atom is -0.480 e. The zero-order valence-corrected chi connectivity index (χ0v) is 12.0. The number of carboxylic acid groups (broad SMARTS) is 1. The Hall–Kier alpha value is -2.24. The summed E-state index contributed by atoms with van der Waals surface area (Å²) >= 11 is 0. The van der Waals surface area contributed by atoms with E-state index in [0.29, 0.717) is 17.4 Å². The van der Waals surface area contributed by atoms with Gasteiger partial charge in [0.05, 0.1) is 5.69 Å². The number of ether oxygens (including phenoxy) is 1. The summed E-state index contributed by atoms with van der Waals surface area (Å²) in [6.07, 6.45) is 2.10. The van der Waals surface area contributed by atoms with Crippen molar-refractivity contribution in [3.05, 3.63) is 24.3 Å². The Morgan fingerprint density at radius 1 is 1.43 bits per heavy atom. The van der Waals surface area contributed by atoms with E-state index in [-0.39, 0.29) is 6.03 Å². The minimum atomic E-state index is -1.05. The van der Waals surface area contributed by atoms with E-state index in [1.165, 1.54) is 0 Å². The number of rotatable bonds is 5. The number of hydrogen-bond acceptors (Lipinski definition) is 3. The summed E-state index contributed by atoms with van der Waals surface area (Å²) in [4.78, 5) is 24.6. The first-order valence-electron chi connectivity index (χ1n) is 7.09. The smallest absolute Gasteiger partial charge is 0.341 e. The van der Waals surface area contributed by atoms with Crippen molar-refractivity contribution in [3.8, 4) is 5.75 Å². The fraction of sp³-hybridized carbons (Fsp3) is 0.467. The third-order valence-electron chi connectivity index (χ3n) is 3.63. The Balaban J connectivity index is 1.99. The first-order chi connectivity index (χ1) is 10.1. The molecule has 1 aliphatic heterocycles.